The van der Waals surface area contributed by atoms with E-state index in [4.69, 9.17) is 0 Å². The zero-order valence-corrected chi connectivity index (χ0v) is 15.6. The van der Waals surface area contributed by atoms with Gasteiger partial charge >= 0.3 is 0 Å². The van der Waals surface area contributed by atoms with Crippen LogP contribution in [0.4, 0.5) is 16.6 Å². The number of nitrogens with one attached hydrogen (secondary N) is 1. The van der Waals surface area contributed by atoms with Gasteiger partial charge in [0.2, 0.25) is 5.91 Å². The van der Waals surface area contributed by atoms with Crippen molar-refractivity contribution in [3.63, 3.8) is 0 Å². The fraction of sp³-hybridized carbons (Fsp3) is 0.158. The first-order chi connectivity index (χ1) is 12.6. The van der Waals surface area contributed by atoms with E-state index in [1.165, 1.54) is 11.3 Å². The highest BCUT2D eigenvalue weighted by atomic mass is 32.1. The van der Waals surface area contributed by atoms with Crippen molar-refractivity contribution in [3.05, 3.63) is 64.8 Å². The van der Waals surface area contributed by atoms with Crippen LogP contribution in [0.5, 0.6) is 0 Å². The SMILES string of the molecule is CC(=O)N(c1nc(/C=N\Nc2ccccn2)cs1)c1c(C)cccc1C. The molecule has 7 heteroatoms. The van der Waals surface area contributed by atoms with Gasteiger partial charge in [-0.1, -0.05) is 24.3 Å². The number of aryl methyl sites for hydroxylation is 2. The van der Waals surface area contributed by atoms with Crippen LogP contribution >= 0.6 is 11.3 Å². The summed E-state index contributed by atoms with van der Waals surface area (Å²) in [4.78, 5) is 22.6. The van der Waals surface area contributed by atoms with Crippen molar-refractivity contribution in [1.82, 2.24) is 9.97 Å². The Hall–Kier alpha value is -3.06. The first-order valence-electron chi connectivity index (χ1n) is 8.09. The number of carbonyl (C=O) groups is 1. The number of pyridine rings is 1. The fourth-order valence-corrected chi connectivity index (χ4v) is 3.40. The van der Waals surface area contributed by atoms with Crippen LogP contribution in [0.3, 0.4) is 0 Å². The van der Waals surface area contributed by atoms with Crippen molar-refractivity contribution in [2.45, 2.75) is 20.8 Å². The topological polar surface area (TPSA) is 70.5 Å². The van der Waals surface area contributed by atoms with Gasteiger partial charge in [0.05, 0.1) is 17.6 Å². The van der Waals surface area contributed by atoms with Crippen LogP contribution in [0.25, 0.3) is 0 Å². The Labute approximate surface area is 156 Å². The minimum absolute atomic E-state index is 0.0770. The first-order valence-corrected chi connectivity index (χ1v) is 8.97. The zero-order valence-electron chi connectivity index (χ0n) is 14.8. The molecular formula is C19H19N5OS. The highest BCUT2D eigenvalue weighted by Gasteiger charge is 2.21. The van der Waals surface area contributed by atoms with E-state index in [1.807, 2.05) is 55.6 Å². The van der Waals surface area contributed by atoms with Crippen molar-refractivity contribution in [3.8, 4) is 0 Å². The number of aromatic nitrogens is 2. The number of thiazole rings is 1. The fourth-order valence-electron chi connectivity index (χ4n) is 2.58. The van der Waals surface area contributed by atoms with Crippen LogP contribution in [0.15, 0.2) is 53.1 Å². The van der Waals surface area contributed by atoms with Crippen molar-refractivity contribution < 1.29 is 4.79 Å². The Morgan fingerprint density at radius 3 is 2.62 bits per heavy atom. The number of para-hydroxylation sites is 1. The largest absolute Gasteiger partial charge is 0.274 e. The lowest BCUT2D eigenvalue weighted by molar-refractivity contribution is -0.115. The molecule has 0 aliphatic rings. The van der Waals surface area contributed by atoms with E-state index in [0.717, 1.165) is 16.8 Å². The first kappa shape index (κ1) is 17.8. The number of hydrogen-bond donors (Lipinski definition) is 1. The number of amides is 1. The van der Waals surface area contributed by atoms with Gasteiger partial charge in [-0.15, -0.1) is 11.3 Å². The molecule has 0 aliphatic heterocycles. The van der Waals surface area contributed by atoms with Crippen molar-refractivity contribution >= 4 is 40.1 Å². The maximum atomic E-state index is 12.3. The third-order valence-corrected chi connectivity index (χ3v) is 4.56. The van der Waals surface area contributed by atoms with Gasteiger partial charge in [0.25, 0.3) is 0 Å². The van der Waals surface area contributed by atoms with Gasteiger partial charge < -0.3 is 0 Å². The lowest BCUT2D eigenvalue weighted by Crippen LogP contribution is -2.24. The van der Waals surface area contributed by atoms with Crippen molar-refractivity contribution in [2.24, 2.45) is 5.10 Å². The van der Waals surface area contributed by atoms with Crippen molar-refractivity contribution in [1.29, 1.82) is 0 Å². The zero-order chi connectivity index (χ0) is 18.5. The summed E-state index contributed by atoms with van der Waals surface area (Å²) in [5.74, 6) is 0.576. The monoisotopic (exact) mass is 365 g/mol. The Kier molecular flexibility index (Phi) is 5.38. The van der Waals surface area contributed by atoms with Crippen LogP contribution in [0.2, 0.25) is 0 Å². The van der Waals surface area contributed by atoms with Crippen LogP contribution in [0, 0.1) is 13.8 Å². The summed E-state index contributed by atoms with van der Waals surface area (Å²) in [6.45, 7) is 5.53. The van der Waals surface area contributed by atoms with Gasteiger partial charge in [0, 0.05) is 18.5 Å². The normalized spacial score (nSPS) is 10.9. The molecule has 1 amide bonds. The van der Waals surface area contributed by atoms with E-state index < -0.39 is 0 Å². The average Bonchev–Trinajstić information content (AvgIpc) is 3.07. The van der Waals surface area contributed by atoms with Gasteiger partial charge in [0.15, 0.2) is 5.13 Å². The van der Waals surface area contributed by atoms with E-state index in [0.29, 0.717) is 16.6 Å². The van der Waals surface area contributed by atoms with Gasteiger partial charge in [0.1, 0.15) is 5.82 Å². The average molecular weight is 365 g/mol. The number of anilines is 3. The predicted molar refractivity (Wildman–Crippen MR) is 106 cm³/mol. The number of hydrazone groups is 1. The van der Waals surface area contributed by atoms with Gasteiger partial charge in [-0.05, 0) is 37.1 Å². The molecule has 0 saturated carbocycles. The smallest absolute Gasteiger partial charge is 0.230 e. The number of benzene rings is 1. The number of hydrogen-bond acceptors (Lipinski definition) is 6. The summed E-state index contributed by atoms with van der Waals surface area (Å²) in [6, 6.07) is 11.5. The molecule has 0 unspecified atom stereocenters. The molecule has 2 heterocycles. The third kappa shape index (κ3) is 3.94. The summed E-state index contributed by atoms with van der Waals surface area (Å²) in [6.07, 6.45) is 3.30. The maximum Gasteiger partial charge on any atom is 0.230 e. The second-order valence-corrected chi connectivity index (χ2v) is 6.57. The highest BCUT2D eigenvalue weighted by Crippen LogP contribution is 2.33. The number of carbonyl (C=O) groups excluding carboxylic acids is 1. The molecule has 0 saturated heterocycles. The molecule has 1 N–H and O–H groups in total. The van der Waals surface area contributed by atoms with Gasteiger partial charge in [-0.3, -0.25) is 15.1 Å². The minimum Gasteiger partial charge on any atom is -0.274 e. The summed E-state index contributed by atoms with van der Waals surface area (Å²) < 4.78 is 0. The van der Waals surface area contributed by atoms with Crippen LogP contribution in [0.1, 0.15) is 23.7 Å². The van der Waals surface area contributed by atoms with E-state index in [2.05, 4.69) is 20.5 Å². The molecule has 0 radical (unpaired) electrons. The van der Waals surface area contributed by atoms with Crippen LogP contribution < -0.4 is 10.3 Å². The molecule has 26 heavy (non-hydrogen) atoms. The quantitative estimate of drug-likeness (QED) is 0.541. The Bertz CT molecular complexity index is 916. The third-order valence-electron chi connectivity index (χ3n) is 3.72. The lowest BCUT2D eigenvalue weighted by Gasteiger charge is -2.22. The summed E-state index contributed by atoms with van der Waals surface area (Å²) in [7, 11) is 0. The molecule has 0 bridgehead atoms. The summed E-state index contributed by atoms with van der Waals surface area (Å²) in [5.41, 5.74) is 6.46. The molecule has 0 aliphatic carbocycles. The predicted octanol–water partition coefficient (Wildman–Crippen LogP) is 4.29. The van der Waals surface area contributed by atoms with Gasteiger partial charge in [-0.2, -0.15) is 5.10 Å². The molecular weight excluding hydrogens is 346 g/mol. The standard InChI is InChI=1S/C19H19N5OS/c1-13-7-6-8-14(2)18(13)24(15(3)25)19-22-16(12-26-19)11-21-23-17-9-4-5-10-20-17/h4-12H,1-3H3,(H,20,23)/b21-11-. The molecule has 1 aromatic carbocycles. The molecule has 3 rings (SSSR count). The lowest BCUT2D eigenvalue weighted by atomic mass is 10.1. The molecule has 6 nitrogen and oxygen atoms in total. The number of nitrogens with zero attached hydrogens (tertiary/aromatic N) is 4. The maximum absolute atomic E-state index is 12.3. The van der Waals surface area contributed by atoms with E-state index >= 15 is 0 Å². The molecule has 132 valence electrons. The number of rotatable bonds is 5. The van der Waals surface area contributed by atoms with E-state index in [9.17, 15) is 4.79 Å². The summed E-state index contributed by atoms with van der Waals surface area (Å²) in [5, 5.41) is 6.62. The van der Waals surface area contributed by atoms with Crippen LogP contribution in [-0.2, 0) is 4.79 Å². The Morgan fingerprint density at radius 2 is 1.96 bits per heavy atom. The second-order valence-electron chi connectivity index (χ2n) is 5.73. The minimum atomic E-state index is -0.0770. The van der Waals surface area contributed by atoms with Crippen LogP contribution in [-0.4, -0.2) is 22.1 Å². The summed E-state index contributed by atoms with van der Waals surface area (Å²) >= 11 is 1.40. The second kappa shape index (κ2) is 7.88. The van der Waals surface area contributed by atoms with E-state index in [-0.39, 0.29) is 5.91 Å². The molecule has 0 spiro atoms. The molecule has 2 aromatic heterocycles. The Morgan fingerprint density at radius 1 is 1.19 bits per heavy atom. The highest BCUT2D eigenvalue weighted by molar-refractivity contribution is 7.14. The molecule has 3 aromatic rings. The molecule has 0 fully saturated rings. The van der Waals surface area contributed by atoms with Crippen molar-refractivity contribution in [2.75, 3.05) is 10.3 Å². The Balaban J connectivity index is 1.83. The van der Waals surface area contributed by atoms with Gasteiger partial charge in [-0.25, -0.2) is 9.97 Å². The van der Waals surface area contributed by atoms with E-state index in [1.54, 1.807) is 24.2 Å². The molecule has 0 atom stereocenters.